The molecule has 0 fully saturated rings. The molecule has 8 aromatic carbocycles. The van der Waals surface area contributed by atoms with E-state index in [2.05, 4.69) is 166 Å². The topological polar surface area (TPSA) is 38.0 Å². The van der Waals surface area contributed by atoms with Crippen LogP contribution in [0.2, 0.25) is 0 Å². The molecule has 0 N–H and O–H groups in total. The van der Waals surface area contributed by atoms with Gasteiger partial charge in [-0.1, -0.05) is 103 Å². The van der Waals surface area contributed by atoms with Crippen LogP contribution in [0.25, 0.3) is 93.2 Å². The average molecular weight is 687 g/mol. The normalized spacial score (nSPS) is 11.3. The Morgan fingerprint density at radius 3 is 1.26 bits per heavy atom. The molecule has 0 amide bonds. The quantitative estimate of drug-likeness (QED) is 0.166. The molecule has 0 spiro atoms. The van der Waals surface area contributed by atoms with Crippen molar-refractivity contribution in [3.63, 3.8) is 0 Å². The smallest absolute Gasteiger partial charge is 0.187 e. The lowest BCUT2D eigenvalue weighted by Crippen LogP contribution is -2.00. The third kappa shape index (κ3) is 5.06. The Balaban J connectivity index is 1.31. The standard InChI is InChI=1S/C50H30N4/c1-52-40-15-11-14-35(28-40)37-25-36(34-13-10-12-33(24-34)32-51)26-38(27-37)39-29-41(53-47-20-6-2-16-43(47)44-17-3-7-21-48(44)53)31-42(30-39)54-49-22-8-4-18-45(49)46-19-5-9-23-50(46)54/h2-31H. The van der Waals surface area contributed by atoms with E-state index in [0.29, 0.717) is 11.3 Å². The highest BCUT2D eigenvalue weighted by Crippen LogP contribution is 2.40. The first kappa shape index (κ1) is 31.1. The van der Waals surface area contributed by atoms with Gasteiger partial charge < -0.3 is 9.13 Å². The van der Waals surface area contributed by atoms with Crippen molar-refractivity contribution in [1.29, 1.82) is 5.26 Å². The Labute approximate surface area is 312 Å². The minimum Gasteiger partial charge on any atom is -0.309 e. The second kappa shape index (κ2) is 12.5. The molecule has 250 valence electrons. The molecule has 0 radical (unpaired) electrons. The van der Waals surface area contributed by atoms with Crippen LogP contribution in [0.1, 0.15) is 5.56 Å². The van der Waals surface area contributed by atoms with Crippen LogP contribution in [0.15, 0.2) is 182 Å². The molecule has 0 aliphatic heterocycles. The monoisotopic (exact) mass is 686 g/mol. The van der Waals surface area contributed by atoms with E-state index < -0.39 is 0 Å². The largest absolute Gasteiger partial charge is 0.309 e. The summed E-state index contributed by atoms with van der Waals surface area (Å²) in [6.07, 6.45) is 0. The maximum atomic E-state index is 9.79. The number of aromatic nitrogens is 2. The number of rotatable bonds is 5. The second-order valence-electron chi connectivity index (χ2n) is 13.6. The van der Waals surface area contributed by atoms with Gasteiger partial charge in [0.15, 0.2) is 5.69 Å². The first-order valence-electron chi connectivity index (χ1n) is 17.9. The number of hydrogen-bond donors (Lipinski definition) is 0. The van der Waals surface area contributed by atoms with E-state index in [-0.39, 0.29) is 0 Å². The van der Waals surface area contributed by atoms with E-state index in [4.69, 9.17) is 6.57 Å². The number of fused-ring (bicyclic) bond motifs is 6. The first-order valence-corrected chi connectivity index (χ1v) is 17.9. The van der Waals surface area contributed by atoms with Crippen molar-refractivity contribution < 1.29 is 0 Å². The maximum absolute atomic E-state index is 9.79. The van der Waals surface area contributed by atoms with Crippen LogP contribution in [-0.2, 0) is 0 Å². The van der Waals surface area contributed by atoms with Crippen molar-refractivity contribution in [3.05, 3.63) is 199 Å². The van der Waals surface area contributed by atoms with Crippen molar-refractivity contribution in [3.8, 4) is 50.8 Å². The molecule has 0 aliphatic rings. The number of nitriles is 1. The molecule has 10 aromatic rings. The molecule has 2 heterocycles. The lowest BCUT2D eigenvalue weighted by molar-refractivity contribution is 1.13. The van der Waals surface area contributed by atoms with E-state index in [1.807, 2.05) is 36.4 Å². The van der Waals surface area contributed by atoms with E-state index in [0.717, 1.165) is 66.8 Å². The van der Waals surface area contributed by atoms with Gasteiger partial charge in [-0.3, -0.25) is 0 Å². The van der Waals surface area contributed by atoms with Crippen LogP contribution in [0.3, 0.4) is 0 Å². The van der Waals surface area contributed by atoms with Crippen molar-refractivity contribution in [2.45, 2.75) is 0 Å². The van der Waals surface area contributed by atoms with Crippen molar-refractivity contribution in [1.82, 2.24) is 9.13 Å². The van der Waals surface area contributed by atoms with Crippen LogP contribution < -0.4 is 0 Å². The SMILES string of the molecule is [C-]#[N+]c1cccc(-c2cc(-c3cccc(C#N)c3)cc(-c3cc(-n4c5ccccc5c5ccccc54)cc(-n4c5ccccc5c5ccccc54)c3)c2)c1. The fourth-order valence-corrected chi connectivity index (χ4v) is 8.07. The zero-order chi connectivity index (χ0) is 36.2. The molecular weight excluding hydrogens is 657 g/mol. The molecule has 0 atom stereocenters. The maximum Gasteiger partial charge on any atom is 0.187 e. The minimum atomic E-state index is 0.591. The molecule has 0 saturated carbocycles. The van der Waals surface area contributed by atoms with E-state index in [9.17, 15) is 5.26 Å². The van der Waals surface area contributed by atoms with Gasteiger partial charge in [0.25, 0.3) is 0 Å². The van der Waals surface area contributed by atoms with Crippen molar-refractivity contribution in [2.24, 2.45) is 0 Å². The molecule has 54 heavy (non-hydrogen) atoms. The molecule has 0 saturated heterocycles. The molecule has 0 bridgehead atoms. The zero-order valence-electron chi connectivity index (χ0n) is 29.1. The zero-order valence-corrected chi connectivity index (χ0v) is 29.1. The number of para-hydroxylation sites is 4. The molecular formula is C50H30N4. The third-order valence-electron chi connectivity index (χ3n) is 10.5. The van der Waals surface area contributed by atoms with Gasteiger partial charge in [0.05, 0.1) is 40.3 Å². The summed E-state index contributed by atoms with van der Waals surface area (Å²) in [4.78, 5) is 3.73. The summed E-state index contributed by atoms with van der Waals surface area (Å²) in [5, 5.41) is 14.6. The van der Waals surface area contributed by atoms with Gasteiger partial charge in [0.1, 0.15) is 0 Å². The molecule has 0 aliphatic carbocycles. The Morgan fingerprint density at radius 1 is 0.389 bits per heavy atom. The molecule has 4 heteroatoms. The Bertz CT molecular complexity index is 2890. The number of hydrogen-bond acceptors (Lipinski definition) is 1. The Kier molecular flexibility index (Phi) is 7.22. The van der Waals surface area contributed by atoms with E-state index >= 15 is 0 Å². The van der Waals surface area contributed by atoms with Gasteiger partial charge in [-0.2, -0.15) is 5.26 Å². The third-order valence-corrected chi connectivity index (χ3v) is 10.5. The van der Waals surface area contributed by atoms with Gasteiger partial charge in [-0.05, 0) is 112 Å². The average Bonchev–Trinajstić information content (AvgIpc) is 3.76. The highest BCUT2D eigenvalue weighted by molar-refractivity contribution is 6.10. The molecule has 0 unspecified atom stereocenters. The highest BCUT2D eigenvalue weighted by atomic mass is 15.0. The molecule has 10 rings (SSSR count). The van der Waals surface area contributed by atoms with Gasteiger partial charge in [-0.15, -0.1) is 0 Å². The summed E-state index contributed by atoms with van der Waals surface area (Å²) in [7, 11) is 0. The number of benzene rings is 8. The predicted molar refractivity (Wildman–Crippen MR) is 222 cm³/mol. The summed E-state index contributed by atoms with van der Waals surface area (Å²) in [6, 6.07) is 65.8. The van der Waals surface area contributed by atoms with Crippen molar-refractivity contribution >= 4 is 49.3 Å². The van der Waals surface area contributed by atoms with Gasteiger partial charge in [0.2, 0.25) is 0 Å². The lowest BCUT2D eigenvalue weighted by Gasteiger charge is -2.17. The van der Waals surface area contributed by atoms with Crippen LogP contribution >= 0.6 is 0 Å². The van der Waals surface area contributed by atoms with Crippen LogP contribution in [0, 0.1) is 17.9 Å². The summed E-state index contributed by atoms with van der Waals surface area (Å²) in [5.41, 5.74) is 13.9. The van der Waals surface area contributed by atoms with Gasteiger partial charge in [0, 0.05) is 32.9 Å². The molecule has 4 nitrogen and oxygen atoms in total. The summed E-state index contributed by atoms with van der Waals surface area (Å²) >= 11 is 0. The summed E-state index contributed by atoms with van der Waals surface area (Å²) in [5.74, 6) is 0. The van der Waals surface area contributed by atoms with E-state index in [1.165, 1.54) is 21.5 Å². The van der Waals surface area contributed by atoms with Crippen molar-refractivity contribution in [2.75, 3.05) is 0 Å². The second-order valence-corrected chi connectivity index (χ2v) is 13.6. The minimum absolute atomic E-state index is 0.591. The Hall–Kier alpha value is -7.66. The fraction of sp³-hybridized carbons (Fsp3) is 0. The summed E-state index contributed by atoms with van der Waals surface area (Å²) in [6.45, 7) is 7.70. The Morgan fingerprint density at radius 2 is 0.796 bits per heavy atom. The fourth-order valence-electron chi connectivity index (χ4n) is 8.07. The highest BCUT2D eigenvalue weighted by Gasteiger charge is 2.18. The number of nitrogens with zero attached hydrogens (tertiary/aromatic N) is 4. The van der Waals surface area contributed by atoms with E-state index in [1.54, 1.807) is 0 Å². The van der Waals surface area contributed by atoms with Crippen LogP contribution in [-0.4, -0.2) is 9.13 Å². The predicted octanol–water partition coefficient (Wildman–Crippen LogP) is 13.3. The molecule has 2 aromatic heterocycles. The van der Waals surface area contributed by atoms with Crippen LogP contribution in [0.4, 0.5) is 5.69 Å². The van der Waals surface area contributed by atoms with Gasteiger partial charge in [-0.25, -0.2) is 4.85 Å². The van der Waals surface area contributed by atoms with Crippen LogP contribution in [0.5, 0.6) is 0 Å². The first-order chi connectivity index (χ1) is 26.7. The summed E-state index contributed by atoms with van der Waals surface area (Å²) < 4.78 is 4.76. The van der Waals surface area contributed by atoms with Gasteiger partial charge >= 0.3 is 0 Å². The lowest BCUT2D eigenvalue weighted by atomic mass is 9.92.